The molecule has 0 aromatic carbocycles. The van der Waals surface area contributed by atoms with E-state index in [0.29, 0.717) is 12.4 Å². The van der Waals surface area contributed by atoms with Crippen LogP contribution in [0.3, 0.4) is 0 Å². The summed E-state index contributed by atoms with van der Waals surface area (Å²) < 4.78 is 39.6. The summed E-state index contributed by atoms with van der Waals surface area (Å²) in [7, 11) is 0. The summed E-state index contributed by atoms with van der Waals surface area (Å²) in [4.78, 5) is 13.0. The van der Waals surface area contributed by atoms with E-state index in [2.05, 4.69) is 4.74 Å². The lowest BCUT2D eigenvalue weighted by atomic mass is 10.2. The van der Waals surface area contributed by atoms with Crippen molar-refractivity contribution in [2.24, 2.45) is 0 Å². The lowest BCUT2D eigenvalue weighted by Crippen LogP contribution is -2.39. The van der Waals surface area contributed by atoms with Crippen molar-refractivity contribution >= 4 is 17.5 Å². The molecule has 0 aromatic heterocycles. The third-order valence-electron chi connectivity index (χ3n) is 2.37. The van der Waals surface area contributed by atoms with Gasteiger partial charge in [0.25, 0.3) is 0 Å². The molecule has 0 aromatic rings. The van der Waals surface area contributed by atoms with Gasteiger partial charge in [0.05, 0.1) is 0 Å². The predicted octanol–water partition coefficient (Wildman–Crippen LogP) is 1.80. The quantitative estimate of drug-likeness (QED) is 0.721. The van der Waals surface area contributed by atoms with Gasteiger partial charge < -0.3 is 9.64 Å². The Hall–Kier alpha value is -0.490. The van der Waals surface area contributed by atoms with Crippen LogP contribution < -0.4 is 0 Å². The number of likely N-dealkylation sites (tertiary alicyclic amines) is 1. The first-order valence-corrected chi connectivity index (χ1v) is 5.47. The Balaban J connectivity index is 2.29. The molecule has 1 unspecified atom stereocenters. The lowest BCUT2D eigenvalue weighted by molar-refractivity contribution is -0.177. The molecule has 1 rings (SSSR count). The Morgan fingerprint density at radius 3 is 2.75 bits per heavy atom. The van der Waals surface area contributed by atoms with Crippen LogP contribution in [0.2, 0.25) is 0 Å². The Kier molecular flexibility index (Phi) is 4.86. The largest absolute Gasteiger partial charge is 0.411 e. The first kappa shape index (κ1) is 13.6. The highest BCUT2D eigenvalue weighted by Gasteiger charge is 2.30. The van der Waals surface area contributed by atoms with Crippen molar-refractivity contribution in [3.05, 3.63) is 0 Å². The lowest BCUT2D eigenvalue weighted by Gasteiger charge is -2.22. The van der Waals surface area contributed by atoms with E-state index in [0.717, 1.165) is 12.8 Å². The summed E-state index contributed by atoms with van der Waals surface area (Å²) in [5, 5.41) is 0. The van der Waals surface area contributed by atoms with E-state index in [4.69, 9.17) is 11.6 Å². The van der Waals surface area contributed by atoms with Crippen molar-refractivity contribution in [3.63, 3.8) is 0 Å². The van der Waals surface area contributed by atoms with Gasteiger partial charge in [-0.1, -0.05) is 0 Å². The molecule has 1 heterocycles. The summed E-state index contributed by atoms with van der Waals surface area (Å²) >= 11 is 5.64. The maximum atomic E-state index is 11.8. The van der Waals surface area contributed by atoms with Crippen LogP contribution in [0, 0.1) is 0 Å². The highest BCUT2D eigenvalue weighted by atomic mass is 35.5. The fraction of sp³-hybridized carbons (Fsp3) is 0.889. The molecule has 1 atom stereocenters. The fourth-order valence-corrected chi connectivity index (χ4v) is 1.98. The van der Waals surface area contributed by atoms with Crippen LogP contribution >= 0.6 is 11.6 Å². The van der Waals surface area contributed by atoms with Crippen molar-refractivity contribution in [3.8, 4) is 0 Å². The van der Waals surface area contributed by atoms with Gasteiger partial charge in [-0.25, -0.2) is 0 Å². The molecule has 0 N–H and O–H groups in total. The molecule has 1 saturated heterocycles. The van der Waals surface area contributed by atoms with Crippen LogP contribution in [0.1, 0.15) is 12.8 Å². The normalized spacial score (nSPS) is 21.5. The zero-order valence-electron chi connectivity index (χ0n) is 8.60. The Labute approximate surface area is 96.5 Å². The number of halogens is 4. The summed E-state index contributed by atoms with van der Waals surface area (Å²) in [6.45, 7) is -1.38. The van der Waals surface area contributed by atoms with Crippen molar-refractivity contribution in [2.75, 3.05) is 25.6 Å². The minimum atomic E-state index is -4.39. The van der Waals surface area contributed by atoms with E-state index in [-0.39, 0.29) is 6.04 Å². The van der Waals surface area contributed by atoms with Crippen LogP contribution in [0.15, 0.2) is 0 Å². The van der Waals surface area contributed by atoms with Crippen LogP contribution in [0.5, 0.6) is 0 Å². The average molecular weight is 260 g/mol. The zero-order valence-corrected chi connectivity index (χ0v) is 9.35. The molecular formula is C9H13ClF3NO2. The van der Waals surface area contributed by atoms with Gasteiger partial charge in [-0.3, -0.25) is 4.79 Å². The number of ether oxygens (including phenoxy) is 1. The highest BCUT2D eigenvalue weighted by Crippen LogP contribution is 2.19. The summed E-state index contributed by atoms with van der Waals surface area (Å²) in [6, 6.07) is -0.0661. The first-order chi connectivity index (χ1) is 7.44. The van der Waals surface area contributed by atoms with E-state index in [1.54, 1.807) is 0 Å². The summed E-state index contributed by atoms with van der Waals surface area (Å²) in [6.07, 6.45) is -2.76. The number of carbonyl (C=O) groups excluding carboxylic acids is 1. The number of amides is 1. The molecular weight excluding hydrogens is 247 g/mol. The SMILES string of the molecule is O=C(COCC(F)(F)F)N1CCCC1CCl. The van der Waals surface area contributed by atoms with Crippen molar-refractivity contribution < 1.29 is 22.7 Å². The van der Waals surface area contributed by atoms with Crippen molar-refractivity contribution in [1.82, 2.24) is 4.90 Å². The van der Waals surface area contributed by atoms with Gasteiger partial charge in [0.15, 0.2) is 0 Å². The van der Waals surface area contributed by atoms with Gasteiger partial charge >= 0.3 is 6.18 Å². The first-order valence-electron chi connectivity index (χ1n) is 4.94. The van der Waals surface area contributed by atoms with Crippen LogP contribution in [-0.4, -0.2) is 48.7 Å². The third kappa shape index (κ3) is 4.17. The molecule has 0 bridgehead atoms. The number of nitrogens with zero attached hydrogens (tertiary/aromatic N) is 1. The van der Waals surface area contributed by atoms with E-state index in [1.807, 2.05) is 0 Å². The summed E-state index contributed by atoms with van der Waals surface area (Å²) in [5.41, 5.74) is 0. The standard InChI is InChI=1S/C9H13ClF3NO2/c10-4-7-2-1-3-14(7)8(15)5-16-6-9(11,12)13/h7H,1-6H2. The molecule has 0 radical (unpaired) electrons. The zero-order chi connectivity index (χ0) is 12.2. The molecule has 0 saturated carbocycles. The molecule has 0 spiro atoms. The van der Waals surface area contributed by atoms with Gasteiger partial charge in [0.1, 0.15) is 13.2 Å². The molecule has 7 heteroatoms. The molecule has 1 amide bonds. The number of alkyl halides is 4. The van der Waals surface area contributed by atoms with E-state index >= 15 is 0 Å². The fourth-order valence-electron chi connectivity index (χ4n) is 1.66. The number of rotatable bonds is 4. The van der Waals surface area contributed by atoms with Crippen LogP contribution in [0.4, 0.5) is 13.2 Å². The Bertz CT molecular complexity index is 247. The van der Waals surface area contributed by atoms with E-state index in [1.165, 1.54) is 4.90 Å². The number of hydrogen-bond donors (Lipinski definition) is 0. The molecule has 94 valence electrons. The maximum Gasteiger partial charge on any atom is 0.411 e. The summed E-state index contributed by atoms with van der Waals surface area (Å²) in [5.74, 6) is -0.113. The Morgan fingerprint density at radius 2 is 2.19 bits per heavy atom. The molecule has 3 nitrogen and oxygen atoms in total. The smallest absolute Gasteiger partial charge is 0.362 e. The van der Waals surface area contributed by atoms with Gasteiger partial charge in [-0.2, -0.15) is 13.2 Å². The van der Waals surface area contributed by atoms with Crippen LogP contribution in [-0.2, 0) is 9.53 Å². The topological polar surface area (TPSA) is 29.5 Å². The van der Waals surface area contributed by atoms with Crippen molar-refractivity contribution in [2.45, 2.75) is 25.1 Å². The highest BCUT2D eigenvalue weighted by molar-refractivity contribution is 6.18. The van der Waals surface area contributed by atoms with Crippen molar-refractivity contribution in [1.29, 1.82) is 0 Å². The van der Waals surface area contributed by atoms with Gasteiger partial charge in [-0.05, 0) is 12.8 Å². The number of hydrogen-bond acceptors (Lipinski definition) is 2. The van der Waals surface area contributed by atoms with Crippen LogP contribution in [0.25, 0.3) is 0 Å². The second-order valence-electron chi connectivity index (χ2n) is 3.65. The van der Waals surface area contributed by atoms with E-state index < -0.39 is 25.3 Å². The number of carbonyl (C=O) groups is 1. The monoisotopic (exact) mass is 259 g/mol. The second kappa shape index (κ2) is 5.72. The minimum absolute atomic E-state index is 0.0661. The predicted molar refractivity (Wildman–Crippen MR) is 52.3 cm³/mol. The minimum Gasteiger partial charge on any atom is -0.362 e. The molecule has 0 aliphatic carbocycles. The maximum absolute atomic E-state index is 11.8. The molecule has 1 fully saturated rings. The van der Waals surface area contributed by atoms with E-state index in [9.17, 15) is 18.0 Å². The molecule has 16 heavy (non-hydrogen) atoms. The van der Waals surface area contributed by atoms with Gasteiger partial charge in [-0.15, -0.1) is 11.6 Å². The Morgan fingerprint density at radius 1 is 1.50 bits per heavy atom. The molecule has 1 aliphatic heterocycles. The average Bonchev–Trinajstić information content (AvgIpc) is 2.63. The molecule has 1 aliphatic rings. The van der Waals surface area contributed by atoms with Gasteiger partial charge in [0.2, 0.25) is 5.91 Å². The second-order valence-corrected chi connectivity index (χ2v) is 3.95. The van der Waals surface area contributed by atoms with Gasteiger partial charge in [0, 0.05) is 18.5 Å². The third-order valence-corrected chi connectivity index (χ3v) is 2.72.